The molecule has 29 heavy (non-hydrogen) atoms. The summed E-state index contributed by atoms with van der Waals surface area (Å²) in [5.41, 5.74) is 0.142. The summed E-state index contributed by atoms with van der Waals surface area (Å²) >= 11 is 0. The van der Waals surface area contributed by atoms with Crippen molar-refractivity contribution in [3.8, 4) is 0 Å². The normalized spacial score (nSPS) is 13.6. The lowest BCUT2D eigenvalue weighted by molar-refractivity contribution is -0.157. The average Bonchev–Trinajstić information content (AvgIpc) is 2.94. The zero-order chi connectivity index (χ0) is 21.4. The van der Waals surface area contributed by atoms with Gasteiger partial charge in [0.15, 0.2) is 9.84 Å². The molecule has 0 aliphatic carbocycles. The summed E-state index contributed by atoms with van der Waals surface area (Å²) in [5, 5.41) is 0.265. The number of rotatable bonds is 6. The fraction of sp³-hybridized carbons (Fsp3) is 0.250. The van der Waals surface area contributed by atoms with Crippen molar-refractivity contribution < 1.29 is 30.8 Å². The third kappa shape index (κ3) is 4.50. The molecule has 0 bridgehead atoms. The third-order valence-electron chi connectivity index (χ3n) is 4.68. The summed E-state index contributed by atoms with van der Waals surface area (Å²) in [5.74, 6) is -4.88. The second-order valence-electron chi connectivity index (χ2n) is 6.74. The summed E-state index contributed by atoms with van der Waals surface area (Å²) in [6, 6.07) is 11.8. The van der Waals surface area contributed by atoms with Crippen molar-refractivity contribution in [3.05, 3.63) is 66.1 Å². The highest BCUT2D eigenvalue weighted by Crippen LogP contribution is 2.39. The zero-order valence-electron chi connectivity index (χ0n) is 15.3. The van der Waals surface area contributed by atoms with Crippen molar-refractivity contribution in [2.45, 2.75) is 23.4 Å². The van der Waals surface area contributed by atoms with Gasteiger partial charge < -0.3 is 4.57 Å². The molecular weight excluding hydrogens is 410 g/mol. The largest absolute Gasteiger partial charge is 0.397 e. The number of aromatic nitrogens is 1. The fourth-order valence-corrected chi connectivity index (χ4v) is 4.55. The van der Waals surface area contributed by atoms with Gasteiger partial charge in [-0.2, -0.15) is 13.2 Å². The Hall–Kier alpha value is -2.68. The fourth-order valence-electron chi connectivity index (χ4n) is 3.27. The molecule has 0 fully saturated rings. The highest BCUT2D eigenvalue weighted by molar-refractivity contribution is 7.92. The topological polar surface area (TPSA) is 56.1 Å². The van der Waals surface area contributed by atoms with E-state index in [0.29, 0.717) is 5.52 Å². The molecule has 1 atom stereocenters. The van der Waals surface area contributed by atoms with Gasteiger partial charge in [-0.3, -0.25) is 4.79 Å². The van der Waals surface area contributed by atoms with E-state index in [1.54, 1.807) is 6.07 Å². The quantitative estimate of drug-likeness (QED) is 0.548. The first-order valence-corrected chi connectivity index (χ1v) is 10.3. The van der Waals surface area contributed by atoms with E-state index in [1.807, 2.05) is 0 Å². The van der Waals surface area contributed by atoms with E-state index in [2.05, 4.69) is 0 Å². The smallest absolute Gasteiger partial charge is 0.347 e. The number of halogens is 4. The molecule has 0 aliphatic heterocycles. The van der Waals surface area contributed by atoms with Gasteiger partial charge in [-0.1, -0.05) is 18.2 Å². The summed E-state index contributed by atoms with van der Waals surface area (Å²) in [6.45, 7) is 0. The number of carbonyl (C=O) groups excluding carboxylic acids is 1. The van der Waals surface area contributed by atoms with E-state index in [9.17, 15) is 30.8 Å². The molecule has 3 rings (SSSR count). The van der Waals surface area contributed by atoms with E-state index >= 15 is 0 Å². The number of nitrogens with zero attached hydrogens (tertiary/aromatic N) is 1. The van der Waals surface area contributed by atoms with E-state index in [1.165, 1.54) is 48.0 Å². The number of hydrogen-bond donors (Lipinski definition) is 0. The molecule has 3 aromatic rings. The van der Waals surface area contributed by atoms with Crippen molar-refractivity contribution in [3.63, 3.8) is 0 Å². The van der Waals surface area contributed by atoms with Crippen LogP contribution in [0, 0.1) is 5.82 Å². The van der Waals surface area contributed by atoms with Crippen LogP contribution in [0.3, 0.4) is 0 Å². The predicted molar refractivity (Wildman–Crippen MR) is 99.8 cm³/mol. The molecule has 1 aromatic heterocycles. The molecule has 0 aliphatic rings. The van der Waals surface area contributed by atoms with Crippen LogP contribution in [0.5, 0.6) is 0 Å². The van der Waals surface area contributed by atoms with Crippen LogP contribution in [-0.2, 0) is 21.7 Å². The Morgan fingerprint density at radius 3 is 2.34 bits per heavy atom. The zero-order valence-corrected chi connectivity index (χ0v) is 16.1. The number of aryl methyl sites for hydroxylation is 1. The minimum Gasteiger partial charge on any atom is -0.347 e. The van der Waals surface area contributed by atoms with Gasteiger partial charge in [-0.15, -0.1) is 0 Å². The molecular formula is C20H17F4NO3S. The molecule has 0 N–H and O–H groups in total. The van der Waals surface area contributed by atoms with Gasteiger partial charge in [-0.25, -0.2) is 12.8 Å². The molecule has 0 radical (unpaired) electrons. The Bertz CT molecular complexity index is 1150. The maximum Gasteiger partial charge on any atom is 0.397 e. The highest BCUT2D eigenvalue weighted by atomic mass is 32.2. The lowest BCUT2D eigenvalue weighted by Gasteiger charge is -2.21. The van der Waals surface area contributed by atoms with Gasteiger partial charge in [0.05, 0.1) is 4.90 Å². The summed E-state index contributed by atoms with van der Waals surface area (Å²) in [6.07, 6.45) is -5.81. The number of alkyl halides is 3. The third-order valence-corrected chi connectivity index (χ3v) is 6.37. The Labute approximate surface area is 164 Å². The van der Waals surface area contributed by atoms with Crippen LogP contribution in [-0.4, -0.2) is 30.7 Å². The minimum atomic E-state index is -4.78. The number of fused-ring (bicyclic) bond motifs is 1. The van der Waals surface area contributed by atoms with Crippen LogP contribution >= 0.6 is 0 Å². The number of benzene rings is 2. The second kappa shape index (κ2) is 7.62. The van der Waals surface area contributed by atoms with Crippen molar-refractivity contribution >= 4 is 26.5 Å². The Morgan fingerprint density at radius 1 is 1.07 bits per heavy atom. The molecule has 0 saturated carbocycles. The van der Waals surface area contributed by atoms with Gasteiger partial charge in [0.2, 0.25) is 0 Å². The molecule has 4 nitrogen and oxygen atoms in total. The first-order chi connectivity index (χ1) is 13.5. The number of Topliss-reactive ketones (excluding diaryl/α,β-unsaturated/α-hetero) is 1. The lowest BCUT2D eigenvalue weighted by atomic mass is 9.98. The van der Waals surface area contributed by atoms with Crippen LogP contribution in [0.2, 0.25) is 0 Å². The van der Waals surface area contributed by atoms with E-state index in [-0.39, 0.29) is 16.0 Å². The van der Waals surface area contributed by atoms with Gasteiger partial charge in [0.1, 0.15) is 23.3 Å². The van der Waals surface area contributed by atoms with Crippen molar-refractivity contribution in [2.75, 3.05) is 5.75 Å². The second-order valence-corrected chi connectivity index (χ2v) is 8.73. The van der Waals surface area contributed by atoms with Crippen LogP contribution in [0.1, 0.15) is 18.0 Å². The van der Waals surface area contributed by atoms with E-state index in [4.69, 9.17) is 0 Å². The number of hydrogen-bond acceptors (Lipinski definition) is 3. The van der Waals surface area contributed by atoms with Crippen LogP contribution in [0.4, 0.5) is 17.6 Å². The van der Waals surface area contributed by atoms with E-state index < -0.39 is 45.7 Å². The molecule has 0 saturated heterocycles. The average molecular weight is 427 g/mol. The summed E-state index contributed by atoms with van der Waals surface area (Å²) in [4.78, 5) is 12.2. The van der Waals surface area contributed by atoms with Gasteiger partial charge in [-0.05, 0) is 36.4 Å². The lowest BCUT2D eigenvalue weighted by Crippen LogP contribution is -2.28. The summed E-state index contributed by atoms with van der Waals surface area (Å²) in [7, 11) is -2.66. The van der Waals surface area contributed by atoms with Crippen LogP contribution < -0.4 is 0 Å². The molecule has 9 heteroatoms. The Kier molecular flexibility index (Phi) is 5.53. The van der Waals surface area contributed by atoms with Crippen molar-refractivity contribution in [1.82, 2.24) is 4.57 Å². The Balaban J connectivity index is 1.91. The monoisotopic (exact) mass is 427 g/mol. The molecule has 1 heterocycles. The van der Waals surface area contributed by atoms with Gasteiger partial charge >= 0.3 is 6.18 Å². The maximum atomic E-state index is 13.7. The van der Waals surface area contributed by atoms with E-state index in [0.717, 1.165) is 12.1 Å². The maximum absolute atomic E-state index is 13.7. The first-order valence-electron chi connectivity index (χ1n) is 8.60. The number of sulfone groups is 1. The summed E-state index contributed by atoms with van der Waals surface area (Å²) < 4.78 is 80.4. The molecule has 0 amide bonds. The standard InChI is InChI=1S/C20H17F4NO3S/c1-25-18-8-7-14(21)9-13(18)10-19(25)17(20(22,23)24)11-15(26)12-29(27,28)16-5-3-2-4-6-16/h2-10,17H,11-12H2,1H3/t17-/m0/s1. The molecule has 0 spiro atoms. The van der Waals surface area contributed by atoms with Crippen LogP contribution in [0.25, 0.3) is 10.9 Å². The first kappa shape index (κ1) is 21.0. The predicted octanol–water partition coefficient (Wildman–Crippen LogP) is 4.40. The van der Waals surface area contributed by atoms with Crippen molar-refractivity contribution in [1.29, 1.82) is 0 Å². The molecule has 154 valence electrons. The highest BCUT2D eigenvalue weighted by Gasteiger charge is 2.44. The minimum absolute atomic E-state index is 0.128. The van der Waals surface area contributed by atoms with Crippen molar-refractivity contribution in [2.24, 2.45) is 7.05 Å². The molecule has 0 unspecified atom stereocenters. The number of ketones is 1. The SMILES string of the molecule is Cn1c([C@H](CC(=O)CS(=O)(=O)c2ccccc2)C(F)(F)F)cc2cc(F)ccc21. The Morgan fingerprint density at radius 2 is 1.72 bits per heavy atom. The number of carbonyl (C=O) groups is 1. The molecule has 2 aromatic carbocycles. The van der Waals surface area contributed by atoms with Gasteiger partial charge in [0.25, 0.3) is 0 Å². The van der Waals surface area contributed by atoms with Gasteiger partial charge in [0, 0.05) is 30.1 Å². The van der Waals surface area contributed by atoms with Crippen LogP contribution in [0.15, 0.2) is 59.5 Å².